The molecule has 1 fully saturated rings. The Bertz CT molecular complexity index is 436. The minimum atomic E-state index is -0.200. The molecule has 1 saturated carbocycles. The molecule has 2 aliphatic rings. The van der Waals surface area contributed by atoms with E-state index >= 15 is 0 Å². The van der Waals surface area contributed by atoms with Gasteiger partial charge in [-0.15, -0.1) is 0 Å². The van der Waals surface area contributed by atoms with E-state index in [0.29, 0.717) is 11.1 Å². The van der Waals surface area contributed by atoms with Crippen LogP contribution in [-0.2, 0) is 0 Å². The zero-order valence-corrected chi connectivity index (χ0v) is 8.01. The van der Waals surface area contributed by atoms with Crippen LogP contribution in [0, 0.1) is 0 Å². The van der Waals surface area contributed by atoms with E-state index in [9.17, 15) is 9.59 Å². The Hall–Kier alpha value is -1.58. The van der Waals surface area contributed by atoms with Gasteiger partial charge in [0.25, 0.3) is 11.8 Å². The van der Waals surface area contributed by atoms with Gasteiger partial charge in [-0.05, 0) is 18.6 Å². The Morgan fingerprint density at radius 3 is 2.00 bits per heavy atom. The molecule has 0 bridgehead atoms. The monoisotopic (exact) mass is 197 g/mol. The fraction of sp³-hybridized carbons (Fsp3) is 0.273. The summed E-state index contributed by atoms with van der Waals surface area (Å²) in [6, 6.07) is 6.81. The minimum Gasteiger partial charge on any atom is -0.272 e. The van der Waals surface area contributed by atoms with E-state index < -0.39 is 0 Å². The average Bonchev–Trinajstić information content (AvgIpc) is 2.89. The van der Waals surface area contributed by atoms with Gasteiger partial charge in [0.15, 0.2) is 0 Å². The lowest BCUT2D eigenvalue weighted by molar-refractivity contribution is 0.0642. The Morgan fingerprint density at radius 1 is 1.13 bits per heavy atom. The van der Waals surface area contributed by atoms with E-state index in [4.69, 9.17) is 7.85 Å². The fourth-order valence-electron chi connectivity index (χ4n) is 2.01. The SMILES string of the molecule is [B][C@H]1C[C@H]1N1C(=O)c2ccccc2C1=O. The first-order chi connectivity index (χ1) is 7.20. The second-order valence-electron chi connectivity index (χ2n) is 3.99. The molecular formula is C11H8BNO2. The standard InChI is InChI=1S/C11H8BNO2/c12-8-5-9(8)13-10(14)6-3-1-2-4-7(6)11(13)15/h1-4,8-9H,5H2/t8-,9+/m0/s1. The highest BCUT2D eigenvalue weighted by atomic mass is 16.2. The number of amides is 2. The molecule has 2 radical (unpaired) electrons. The van der Waals surface area contributed by atoms with Crippen LogP contribution >= 0.6 is 0 Å². The third-order valence-electron chi connectivity index (χ3n) is 2.96. The van der Waals surface area contributed by atoms with Crippen LogP contribution in [0.5, 0.6) is 0 Å². The molecule has 0 N–H and O–H groups in total. The van der Waals surface area contributed by atoms with Gasteiger partial charge in [-0.1, -0.05) is 17.9 Å². The second-order valence-corrected chi connectivity index (χ2v) is 3.99. The minimum absolute atomic E-state index is 0.0350. The van der Waals surface area contributed by atoms with Crippen LogP contribution in [0.4, 0.5) is 0 Å². The summed E-state index contributed by atoms with van der Waals surface area (Å²) < 4.78 is 0. The summed E-state index contributed by atoms with van der Waals surface area (Å²) in [5.41, 5.74) is 1.00. The molecule has 0 unspecified atom stereocenters. The summed E-state index contributed by atoms with van der Waals surface area (Å²) in [5.74, 6) is -0.436. The molecule has 3 nitrogen and oxygen atoms in total. The maximum atomic E-state index is 11.9. The molecular weight excluding hydrogens is 189 g/mol. The molecule has 1 aliphatic heterocycles. The number of rotatable bonds is 1. The normalized spacial score (nSPS) is 28.1. The topological polar surface area (TPSA) is 37.4 Å². The first-order valence-electron chi connectivity index (χ1n) is 4.92. The molecule has 4 heteroatoms. The number of benzene rings is 1. The van der Waals surface area contributed by atoms with Crippen molar-refractivity contribution in [3.63, 3.8) is 0 Å². The van der Waals surface area contributed by atoms with Crippen molar-refractivity contribution in [3.05, 3.63) is 35.4 Å². The highest BCUT2D eigenvalue weighted by Crippen LogP contribution is 2.42. The molecule has 72 valence electrons. The van der Waals surface area contributed by atoms with Gasteiger partial charge in [-0.25, -0.2) is 0 Å². The largest absolute Gasteiger partial charge is 0.272 e. The molecule has 0 spiro atoms. The van der Waals surface area contributed by atoms with Crippen LogP contribution in [0.1, 0.15) is 27.1 Å². The van der Waals surface area contributed by atoms with Gasteiger partial charge in [0.05, 0.1) is 19.0 Å². The molecule has 1 aromatic carbocycles. The third kappa shape index (κ3) is 1.08. The fourth-order valence-corrected chi connectivity index (χ4v) is 2.01. The summed E-state index contributed by atoms with van der Waals surface area (Å²) in [4.78, 5) is 25.1. The Balaban J connectivity index is 2.05. The Morgan fingerprint density at radius 2 is 1.60 bits per heavy atom. The summed E-state index contributed by atoms with van der Waals surface area (Å²) in [7, 11) is 5.66. The lowest BCUT2D eigenvalue weighted by Crippen LogP contribution is -2.32. The predicted octanol–water partition coefficient (Wildman–Crippen LogP) is 1.01. The second kappa shape index (κ2) is 2.72. The first-order valence-corrected chi connectivity index (χ1v) is 4.92. The first kappa shape index (κ1) is 8.71. The zero-order chi connectivity index (χ0) is 10.6. The van der Waals surface area contributed by atoms with Crippen molar-refractivity contribution in [2.75, 3.05) is 0 Å². The molecule has 1 aliphatic carbocycles. The van der Waals surface area contributed by atoms with Gasteiger partial charge in [-0.2, -0.15) is 0 Å². The number of nitrogens with zero attached hydrogens (tertiary/aromatic N) is 1. The van der Waals surface area contributed by atoms with Crippen molar-refractivity contribution >= 4 is 19.7 Å². The van der Waals surface area contributed by atoms with Crippen molar-refractivity contribution in [2.45, 2.75) is 18.3 Å². The number of hydrogen-bond acceptors (Lipinski definition) is 2. The van der Waals surface area contributed by atoms with Crippen molar-refractivity contribution in [1.29, 1.82) is 0 Å². The van der Waals surface area contributed by atoms with E-state index in [1.807, 2.05) is 0 Å². The van der Waals surface area contributed by atoms with E-state index in [1.54, 1.807) is 24.3 Å². The maximum Gasteiger partial charge on any atom is 0.261 e. The zero-order valence-electron chi connectivity index (χ0n) is 8.01. The van der Waals surface area contributed by atoms with Gasteiger partial charge >= 0.3 is 0 Å². The summed E-state index contributed by atoms with van der Waals surface area (Å²) in [6.45, 7) is 0. The van der Waals surface area contributed by atoms with E-state index in [2.05, 4.69) is 0 Å². The van der Waals surface area contributed by atoms with Gasteiger partial charge in [0, 0.05) is 6.04 Å². The summed E-state index contributed by atoms with van der Waals surface area (Å²) >= 11 is 0. The van der Waals surface area contributed by atoms with Gasteiger partial charge in [0.2, 0.25) is 0 Å². The van der Waals surface area contributed by atoms with Crippen LogP contribution in [-0.4, -0.2) is 30.6 Å². The molecule has 15 heavy (non-hydrogen) atoms. The third-order valence-corrected chi connectivity index (χ3v) is 2.96. The van der Waals surface area contributed by atoms with Crippen LogP contribution in [0.15, 0.2) is 24.3 Å². The average molecular weight is 197 g/mol. The van der Waals surface area contributed by atoms with Crippen molar-refractivity contribution in [3.8, 4) is 0 Å². The highest BCUT2D eigenvalue weighted by molar-refractivity contribution is 6.23. The lowest BCUT2D eigenvalue weighted by Gasteiger charge is -2.12. The van der Waals surface area contributed by atoms with E-state index in [-0.39, 0.29) is 23.7 Å². The van der Waals surface area contributed by atoms with Crippen molar-refractivity contribution < 1.29 is 9.59 Å². The quantitative estimate of drug-likeness (QED) is 0.497. The van der Waals surface area contributed by atoms with Crippen LogP contribution in [0.3, 0.4) is 0 Å². The highest BCUT2D eigenvalue weighted by Gasteiger charge is 2.47. The molecule has 3 rings (SSSR count). The Labute approximate surface area is 88.5 Å². The molecule has 0 saturated heterocycles. The molecule has 2 amide bonds. The van der Waals surface area contributed by atoms with Crippen molar-refractivity contribution in [2.24, 2.45) is 0 Å². The summed E-state index contributed by atoms with van der Waals surface area (Å²) in [6.07, 6.45) is 0.728. The van der Waals surface area contributed by atoms with Gasteiger partial charge < -0.3 is 0 Å². The lowest BCUT2D eigenvalue weighted by atomic mass is 10.0. The maximum absolute atomic E-state index is 11.9. The number of fused-ring (bicyclic) bond motifs is 1. The Kier molecular flexibility index (Phi) is 1.58. The number of hydrogen-bond donors (Lipinski definition) is 0. The number of imide groups is 1. The molecule has 1 heterocycles. The van der Waals surface area contributed by atoms with Crippen LogP contribution in [0.2, 0.25) is 5.82 Å². The smallest absolute Gasteiger partial charge is 0.261 e. The molecule has 2 atom stereocenters. The predicted molar refractivity (Wildman–Crippen MR) is 54.9 cm³/mol. The number of carbonyl (C=O) groups excluding carboxylic acids is 2. The number of carbonyl (C=O) groups is 2. The van der Waals surface area contributed by atoms with E-state index in [0.717, 1.165) is 6.42 Å². The van der Waals surface area contributed by atoms with Gasteiger partial charge in [0.1, 0.15) is 0 Å². The van der Waals surface area contributed by atoms with Crippen LogP contribution in [0.25, 0.3) is 0 Å². The molecule has 1 aromatic rings. The van der Waals surface area contributed by atoms with Crippen LogP contribution < -0.4 is 0 Å². The summed E-state index contributed by atoms with van der Waals surface area (Å²) in [5, 5.41) is 0. The van der Waals surface area contributed by atoms with Gasteiger partial charge in [-0.3, -0.25) is 14.5 Å². The van der Waals surface area contributed by atoms with Crippen molar-refractivity contribution in [1.82, 2.24) is 4.90 Å². The molecule has 0 aromatic heterocycles. The van der Waals surface area contributed by atoms with E-state index in [1.165, 1.54) is 4.90 Å².